The highest BCUT2D eigenvalue weighted by Crippen LogP contribution is 2.13. The first-order valence-electron chi connectivity index (χ1n) is 7.85. The Morgan fingerprint density at radius 2 is 2.18 bits per heavy atom. The Morgan fingerprint density at radius 1 is 1.36 bits per heavy atom. The van der Waals surface area contributed by atoms with Crippen LogP contribution in [0.3, 0.4) is 0 Å². The molecule has 0 saturated carbocycles. The molecule has 2 heterocycles. The standard InChI is InChI=1S/C16H22N4OS/c1-2-15-18-16-9-8-13(12-20(16)19-15)17-10-11-22(21)14-6-4-3-5-7-14/h3-7,13,17H,2,8-12H2,1H3/t13-,22-/m0/s1. The lowest BCUT2D eigenvalue weighted by Gasteiger charge is -2.23. The van der Waals surface area contributed by atoms with Crippen molar-refractivity contribution < 1.29 is 4.21 Å². The average molecular weight is 318 g/mol. The third-order valence-electron chi connectivity index (χ3n) is 3.94. The van der Waals surface area contributed by atoms with Gasteiger partial charge in [-0.15, -0.1) is 0 Å². The van der Waals surface area contributed by atoms with E-state index in [0.29, 0.717) is 11.8 Å². The highest BCUT2D eigenvalue weighted by atomic mass is 32.2. The van der Waals surface area contributed by atoms with Crippen molar-refractivity contribution in [1.82, 2.24) is 20.1 Å². The monoisotopic (exact) mass is 318 g/mol. The first kappa shape index (κ1) is 15.4. The molecular formula is C16H22N4OS. The maximum atomic E-state index is 12.2. The molecule has 2 aromatic rings. The minimum absolute atomic E-state index is 0.395. The van der Waals surface area contributed by atoms with E-state index in [-0.39, 0.29) is 0 Å². The van der Waals surface area contributed by atoms with E-state index in [9.17, 15) is 4.21 Å². The normalized spacial score (nSPS) is 18.9. The van der Waals surface area contributed by atoms with Crippen LogP contribution in [0.1, 0.15) is 25.0 Å². The van der Waals surface area contributed by atoms with Gasteiger partial charge >= 0.3 is 0 Å². The quantitative estimate of drug-likeness (QED) is 0.878. The molecule has 2 atom stereocenters. The molecule has 1 aromatic heterocycles. The van der Waals surface area contributed by atoms with E-state index in [0.717, 1.165) is 48.9 Å². The zero-order chi connectivity index (χ0) is 15.4. The van der Waals surface area contributed by atoms with Crippen LogP contribution in [0.15, 0.2) is 35.2 Å². The Morgan fingerprint density at radius 3 is 2.95 bits per heavy atom. The van der Waals surface area contributed by atoms with E-state index in [2.05, 4.69) is 22.3 Å². The highest BCUT2D eigenvalue weighted by Gasteiger charge is 2.20. The van der Waals surface area contributed by atoms with Gasteiger partial charge < -0.3 is 5.32 Å². The Hall–Kier alpha value is -1.53. The van der Waals surface area contributed by atoms with Crippen molar-refractivity contribution in [3.05, 3.63) is 42.0 Å². The molecule has 6 heteroatoms. The van der Waals surface area contributed by atoms with E-state index in [1.807, 2.05) is 35.0 Å². The maximum absolute atomic E-state index is 12.2. The summed E-state index contributed by atoms with van der Waals surface area (Å²) in [4.78, 5) is 5.43. The fourth-order valence-corrected chi connectivity index (χ4v) is 3.72. The molecule has 0 amide bonds. The van der Waals surface area contributed by atoms with Crippen LogP contribution >= 0.6 is 0 Å². The Labute approximate surface area is 133 Å². The average Bonchev–Trinajstić information content (AvgIpc) is 2.98. The van der Waals surface area contributed by atoms with Gasteiger partial charge in [0, 0.05) is 36.1 Å². The van der Waals surface area contributed by atoms with Crippen molar-refractivity contribution in [2.75, 3.05) is 12.3 Å². The second-order valence-electron chi connectivity index (χ2n) is 5.53. The molecule has 0 saturated heterocycles. The lowest BCUT2D eigenvalue weighted by atomic mass is 10.1. The lowest BCUT2D eigenvalue weighted by Crippen LogP contribution is -2.39. The van der Waals surface area contributed by atoms with Gasteiger partial charge in [0.05, 0.1) is 17.3 Å². The summed E-state index contributed by atoms with van der Waals surface area (Å²) < 4.78 is 14.2. The smallest absolute Gasteiger partial charge is 0.150 e. The molecule has 3 rings (SSSR count). The summed E-state index contributed by atoms with van der Waals surface area (Å²) in [6.45, 7) is 3.70. The molecule has 0 radical (unpaired) electrons. The minimum atomic E-state index is -0.927. The first-order valence-corrected chi connectivity index (χ1v) is 9.17. The van der Waals surface area contributed by atoms with Gasteiger partial charge in [0.1, 0.15) is 5.82 Å². The van der Waals surface area contributed by atoms with Crippen molar-refractivity contribution in [2.45, 2.75) is 43.7 Å². The molecule has 1 aromatic carbocycles. The van der Waals surface area contributed by atoms with Crippen LogP contribution in [-0.4, -0.2) is 37.3 Å². The summed E-state index contributed by atoms with van der Waals surface area (Å²) in [6, 6.07) is 10.0. The van der Waals surface area contributed by atoms with Gasteiger partial charge in [-0.1, -0.05) is 25.1 Å². The van der Waals surface area contributed by atoms with Gasteiger partial charge in [-0.25, -0.2) is 9.67 Å². The summed E-state index contributed by atoms with van der Waals surface area (Å²) in [5.41, 5.74) is 0. The van der Waals surface area contributed by atoms with Gasteiger partial charge in [0.2, 0.25) is 0 Å². The Balaban J connectivity index is 1.48. The number of rotatable bonds is 6. The predicted molar refractivity (Wildman–Crippen MR) is 87.2 cm³/mol. The second-order valence-corrected chi connectivity index (χ2v) is 7.10. The largest absolute Gasteiger partial charge is 0.311 e. The summed E-state index contributed by atoms with van der Waals surface area (Å²) in [7, 11) is -0.927. The Bertz CT molecular complexity index is 641. The third-order valence-corrected chi connectivity index (χ3v) is 5.32. The van der Waals surface area contributed by atoms with E-state index in [1.54, 1.807) is 0 Å². The number of aromatic nitrogens is 3. The molecule has 0 aliphatic carbocycles. The van der Waals surface area contributed by atoms with Crippen molar-refractivity contribution in [1.29, 1.82) is 0 Å². The van der Waals surface area contributed by atoms with Crippen molar-refractivity contribution in [3.8, 4) is 0 Å². The molecule has 5 nitrogen and oxygen atoms in total. The van der Waals surface area contributed by atoms with Gasteiger partial charge in [-0.05, 0) is 18.6 Å². The molecule has 118 valence electrons. The van der Waals surface area contributed by atoms with Gasteiger partial charge in [-0.2, -0.15) is 5.10 Å². The molecular weight excluding hydrogens is 296 g/mol. The number of aryl methyl sites for hydroxylation is 2. The van der Waals surface area contributed by atoms with Crippen LogP contribution in [0, 0.1) is 0 Å². The van der Waals surface area contributed by atoms with Gasteiger partial charge in [-0.3, -0.25) is 4.21 Å². The minimum Gasteiger partial charge on any atom is -0.311 e. The zero-order valence-electron chi connectivity index (χ0n) is 12.9. The molecule has 1 N–H and O–H groups in total. The van der Waals surface area contributed by atoms with Crippen LogP contribution in [-0.2, 0) is 30.2 Å². The van der Waals surface area contributed by atoms with Crippen LogP contribution in [0.4, 0.5) is 0 Å². The molecule has 0 bridgehead atoms. The van der Waals surface area contributed by atoms with E-state index in [4.69, 9.17) is 0 Å². The summed E-state index contributed by atoms with van der Waals surface area (Å²) >= 11 is 0. The fraction of sp³-hybridized carbons (Fsp3) is 0.500. The van der Waals surface area contributed by atoms with Crippen LogP contribution in [0.5, 0.6) is 0 Å². The SMILES string of the molecule is CCc1nc2n(n1)C[C@@H](NCC[S@](=O)c1ccccc1)CC2. The highest BCUT2D eigenvalue weighted by molar-refractivity contribution is 7.85. The second kappa shape index (κ2) is 7.15. The fourth-order valence-electron chi connectivity index (χ4n) is 2.72. The van der Waals surface area contributed by atoms with Crippen LogP contribution < -0.4 is 5.32 Å². The summed E-state index contributed by atoms with van der Waals surface area (Å²) in [6.07, 6.45) is 2.92. The van der Waals surface area contributed by atoms with Crippen LogP contribution in [0.2, 0.25) is 0 Å². The predicted octanol–water partition coefficient (Wildman–Crippen LogP) is 1.55. The Kier molecular flexibility index (Phi) is 5.00. The third kappa shape index (κ3) is 3.62. The molecule has 0 unspecified atom stereocenters. The topological polar surface area (TPSA) is 59.8 Å². The molecule has 0 spiro atoms. The number of hydrogen-bond acceptors (Lipinski definition) is 4. The summed E-state index contributed by atoms with van der Waals surface area (Å²) in [5.74, 6) is 2.67. The number of benzene rings is 1. The zero-order valence-corrected chi connectivity index (χ0v) is 13.7. The van der Waals surface area contributed by atoms with E-state index in [1.165, 1.54) is 0 Å². The molecule has 0 fully saturated rings. The lowest BCUT2D eigenvalue weighted by molar-refractivity contribution is 0.365. The van der Waals surface area contributed by atoms with Gasteiger partial charge in [0.25, 0.3) is 0 Å². The van der Waals surface area contributed by atoms with E-state index < -0.39 is 10.8 Å². The van der Waals surface area contributed by atoms with Crippen molar-refractivity contribution in [3.63, 3.8) is 0 Å². The van der Waals surface area contributed by atoms with Crippen molar-refractivity contribution in [2.24, 2.45) is 0 Å². The number of nitrogens with one attached hydrogen (secondary N) is 1. The van der Waals surface area contributed by atoms with Gasteiger partial charge in [0.15, 0.2) is 5.82 Å². The van der Waals surface area contributed by atoms with E-state index >= 15 is 0 Å². The maximum Gasteiger partial charge on any atom is 0.150 e. The molecule has 1 aliphatic rings. The van der Waals surface area contributed by atoms with Crippen molar-refractivity contribution >= 4 is 10.8 Å². The number of nitrogens with zero attached hydrogens (tertiary/aromatic N) is 3. The summed E-state index contributed by atoms with van der Waals surface area (Å²) in [5, 5.41) is 8.02. The molecule has 22 heavy (non-hydrogen) atoms. The number of fused-ring (bicyclic) bond motifs is 1. The first-order chi connectivity index (χ1) is 10.8. The van der Waals surface area contributed by atoms with Crippen LogP contribution in [0.25, 0.3) is 0 Å². The molecule has 1 aliphatic heterocycles. The number of hydrogen-bond donors (Lipinski definition) is 1.